The molecule has 0 saturated carbocycles. The van der Waals surface area contributed by atoms with Gasteiger partial charge in [-0.2, -0.15) is 5.26 Å². The average molecular weight is 249 g/mol. The van der Waals surface area contributed by atoms with Crippen LogP contribution in [-0.4, -0.2) is 11.3 Å². The summed E-state index contributed by atoms with van der Waals surface area (Å²) < 4.78 is 53.1. The Balaban J connectivity index is 3.22. The first-order valence-corrected chi connectivity index (χ1v) is 4.38. The van der Waals surface area contributed by atoms with Gasteiger partial charge in [0.05, 0.1) is 18.1 Å². The molecule has 8 heteroatoms. The van der Waals surface area contributed by atoms with Crippen molar-refractivity contribution in [1.29, 1.82) is 5.26 Å². The van der Waals surface area contributed by atoms with E-state index in [0.29, 0.717) is 0 Å². The van der Waals surface area contributed by atoms with Crippen molar-refractivity contribution >= 4 is 0 Å². The third-order valence-electron chi connectivity index (χ3n) is 1.83. The van der Waals surface area contributed by atoms with Gasteiger partial charge in [0.2, 0.25) is 5.88 Å². The van der Waals surface area contributed by atoms with Gasteiger partial charge in [-0.1, -0.05) is 0 Å². The second-order valence-corrected chi connectivity index (χ2v) is 2.97. The summed E-state index contributed by atoms with van der Waals surface area (Å²) in [6.07, 6.45) is -4.73. The normalized spacial score (nSPS) is 11.1. The van der Waals surface area contributed by atoms with Crippen LogP contribution in [0.4, 0.5) is 17.6 Å². The van der Waals surface area contributed by atoms with E-state index in [-0.39, 0.29) is 12.1 Å². The zero-order valence-electron chi connectivity index (χ0n) is 8.38. The molecular weight excluding hydrogens is 242 g/mol. The lowest BCUT2D eigenvalue weighted by Gasteiger charge is -2.12. The van der Waals surface area contributed by atoms with Gasteiger partial charge in [-0.15, -0.1) is 13.2 Å². The Labute approximate surface area is 93.6 Å². The summed E-state index contributed by atoms with van der Waals surface area (Å²) >= 11 is 0. The first kappa shape index (κ1) is 13.2. The van der Waals surface area contributed by atoms with Crippen molar-refractivity contribution < 1.29 is 22.3 Å². The van der Waals surface area contributed by atoms with Gasteiger partial charge < -0.3 is 10.5 Å². The summed E-state index contributed by atoms with van der Waals surface area (Å²) in [4.78, 5) is 3.30. The molecule has 0 aliphatic rings. The maximum absolute atomic E-state index is 13.6. The van der Waals surface area contributed by atoms with Gasteiger partial charge in [-0.25, -0.2) is 9.37 Å². The van der Waals surface area contributed by atoms with Crippen LogP contribution in [0.3, 0.4) is 0 Å². The molecule has 0 aliphatic heterocycles. The van der Waals surface area contributed by atoms with Crippen molar-refractivity contribution in [3.63, 3.8) is 0 Å². The fourth-order valence-corrected chi connectivity index (χ4v) is 1.13. The van der Waals surface area contributed by atoms with Crippen LogP contribution in [0.2, 0.25) is 0 Å². The van der Waals surface area contributed by atoms with Gasteiger partial charge >= 0.3 is 6.36 Å². The Hall–Kier alpha value is -1.88. The number of pyridine rings is 1. The number of hydrogen-bond donors (Lipinski definition) is 1. The molecule has 0 bridgehead atoms. The van der Waals surface area contributed by atoms with Crippen LogP contribution in [0.5, 0.6) is 5.88 Å². The van der Waals surface area contributed by atoms with E-state index in [4.69, 9.17) is 11.0 Å². The van der Waals surface area contributed by atoms with E-state index in [1.54, 1.807) is 0 Å². The largest absolute Gasteiger partial charge is 0.574 e. The van der Waals surface area contributed by atoms with E-state index < -0.39 is 30.0 Å². The van der Waals surface area contributed by atoms with Crippen LogP contribution in [0.25, 0.3) is 0 Å². The summed E-state index contributed by atoms with van der Waals surface area (Å²) in [6.45, 7) is -0.233. The lowest BCUT2D eigenvalue weighted by atomic mass is 10.1. The van der Waals surface area contributed by atoms with Crippen molar-refractivity contribution in [2.45, 2.75) is 19.3 Å². The Bertz CT molecular complexity index is 453. The summed E-state index contributed by atoms with van der Waals surface area (Å²) in [5.74, 6) is -1.96. The van der Waals surface area contributed by atoms with E-state index >= 15 is 0 Å². The van der Waals surface area contributed by atoms with Gasteiger partial charge in [-0.3, -0.25) is 0 Å². The fourth-order valence-electron chi connectivity index (χ4n) is 1.13. The van der Waals surface area contributed by atoms with Crippen molar-refractivity contribution in [3.05, 3.63) is 23.1 Å². The minimum atomic E-state index is -4.99. The maximum Gasteiger partial charge on any atom is 0.574 e. The van der Waals surface area contributed by atoms with Crippen molar-refractivity contribution in [2.75, 3.05) is 0 Å². The van der Waals surface area contributed by atoms with Crippen LogP contribution in [-0.2, 0) is 13.0 Å². The predicted octanol–water partition coefficient (Wildman–Crippen LogP) is 1.64. The van der Waals surface area contributed by atoms with Crippen LogP contribution < -0.4 is 10.5 Å². The molecule has 0 radical (unpaired) electrons. The molecule has 0 spiro atoms. The average Bonchev–Trinajstić information content (AvgIpc) is 2.22. The second-order valence-electron chi connectivity index (χ2n) is 2.97. The number of alkyl halides is 3. The number of ether oxygens (including phenoxy) is 1. The van der Waals surface area contributed by atoms with Crippen molar-refractivity contribution in [2.24, 2.45) is 5.73 Å². The van der Waals surface area contributed by atoms with Crippen LogP contribution >= 0.6 is 0 Å². The highest BCUT2D eigenvalue weighted by atomic mass is 19.4. The van der Waals surface area contributed by atoms with E-state index in [1.807, 2.05) is 0 Å². The van der Waals surface area contributed by atoms with Gasteiger partial charge in [0.15, 0.2) is 0 Å². The quantitative estimate of drug-likeness (QED) is 0.826. The second kappa shape index (κ2) is 4.97. The lowest BCUT2D eigenvalue weighted by Crippen LogP contribution is -2.20. The minimum Gasteiger partial charge on any atom is -0.387 e. The molecule has 0 fully saturated rings. The van der Waals surface area contributed by atoms with Crippen LogP contribution in [0, 0.1) is 17.1 Å². The minimum absolute atomic E-state index is 0.0789. The molecule has 4 nitrogen and oxygen atoms in total. The Morgan fingerprint density at radius 2 is 2.12 bits per heavy atom. The number of nitrogens with two attached hydrogens (primary N) is 1. The fraction of sp³-hybridized carbons (Fsp3) is 0.333. The molecule has 0 aromatic carbocycles. The molecule has 0 unspecified atom stereocenters. The van der Waals surface area contributed by atoms with E-state index in [0.717, 1.165) is 6.20 Å². The number of aromatic nitrogens is 1. The molecule has 17 heavy (non-hydrogen) atoms. The van der Waals surface area contributed by atoms with E-state index in [1.165, 1.54) is 6.07 Å². The van der Waals surface area contributed by atoms with Crippen LogP contribution in [0.15, 0.2) is 6.20 Å². The number of nitriles is 1. The van der Waals surface area contributed by atoms with E-state index in [2.05, 4.69) is 9.72 Å². The Morgan fingerprint density at radius 3 is 2.59 bits per heavy atom. The molecule has 2 N–H and O–H groups in total. The Morgan fingerprint density at radius 1 is 1.47 bits per heavy atom. The third kappa shape index (κ3) is 3.29. The first-order valence-electron chi connectivity index (χ1n) is 4.38. The molecular formula is C9H7F4N3O. The Kier molecular flexibility index (Phi) is 3.85. The highest BCUT2D eigenvalue weighted by Gasteiger charge is 2.33. The molecule has 92 valence electrons. The lowest BCUT2D eigenvalue weighted by molar-refractivity contribution is -0.276. The zero-order chi connectivity index (χ0) is 13.1. The summed E-state index contributed by atoms with van der Waals surface area (Å²) in [5.41, 5.74) is 4.54. The number of halogens is 4. The topological polar surface area (TPSA) is 71.9 Å². The van der Waals surface area contributed by atoms with Crippen LogP contribution in [0.1, 0.15) is 11.1 Å². The number of hydrogen-bond acceptors (Lipinski definition) is 4. The van der Waals surface area contributed by atoms with Gasteiger partial charge in [0.25, 0.3) is 0 Å². The summed E-state index contributed by atoms with van der Waals surface area (Å²) in [7, 11) is 0. The smallest absolute Gasteiger partial charge is 0.387 e. The highest BCUT2D eigenvalue weighted by Crippen LogP contribution is 2.27. The first-order chi connectivity index (χ1) is 7.89. The van der Waals surface area contributed by atoms with Gasteiger partial charge in [0, 0.05) is 18.3 Å². The molecule has 1 aromatic heterocycles. The van der Waals surface area contributed by atoms with Gasteiger partial charge in [-0.05, 0) is 0 Å². The van der Waals surface area contributed by atoms with Gasteiger partial charge in [0.1, 0.15) is 5.82 Å². The standard InChI is InChI=1S/C9H7F4N3O/c10-7-5(3-15)4-16-8(6(7)1-2-14)17-9(11,12)13/h4H,1,3,15H2. The molecule has 0 aliphatic carbocycles. The molecule has 1 heterocycles. The molecule has 1 rings (SSSR count). The third-order valence-corrected chi connectivity index (χ3v) is 1.83. The molecule has 0 saturated heterocycles. The molecule has 0 atom stereocenters. The predicted molar refractivity (Wildman–Crippen MR) is 48.1 cm³/mol. The summed E-state index contributed by atoms with van der Waals surface area (Å²) in [5, 5.41) is 8.42. The SMILES string of the molecule is N#CCc1c(OC(F)(F)F)ncc(CN)c1F. The zero-order valence-corrected chi connectivity index (χ0v) is 8.38. The van der Waals surface area contributed by atoms with E-state index in [9.17, 15) is 17.6 Å². The molecule has 0 amide bonds. The van der Waals surface area contributed by atoms with Crippen molar-refractivity contribution in [3.8, 4) is 11.9 Å². The highest BCUT2D eigenvalue weighted by molar-refractivity contribution is 5.34. The van der Waals surface area contributed by atoms with Crippen molar-refractivity contribution in [1.82, 2.24) is 4.98 Å². The number of rotatable bonds is 3. The molecule has 1 aromatic rings. The maximum atomic E-state index is 13.6. The number of nitrogens with zero attached hydrogens (tertiary/aromatic N) is 2. The monoisotopic (exact) mass is 249 g/mol. The summed E-state index contributed by atoms with van der Waals surface area (Å²) in [6, 6.07) is 1.53.